The monoisotopic (exact) mass is 236 g/mol. The van der Waals surface area contributed by atoms with Gasteiger partial charge in [-0.25, -0.2) is 4.98 Å². The molecule has 94 valence electrons. The average molecular weight is 236 g/mol. The second-order valence-electron chi connectivity index (χ2n) is 4.32. The molecule has 0 saturated carbocycles. The average Bonchev–Trinajstić information content (AvgIpc) is 2.39. The van der Waals surface area contributed by atoms with E-state index in [1.165, 1.54) is 6.42 Å². The first-order valence-corrected chi connectivity index (χ1v) is 6.28. The van der Waals surface area contributed by atoms with E-state index in [1.807, 2.05) is 6.92 Å². The molecular weight excluding hydrogens is 216 g/mol. The van der Waals surface area contributed by atoms with Crippen molar-refractivity contribution in [3.05, 3.63) is 12.4 Å². The Morgan fingerprint density at radius 2 is 2.35 bits per heavy atom. The van der Waals surface area contributed by atoms with Crippen molar-refractivity contribution in [1.29, 1.82) is 0 Å². The molecule has 5 heteroatoms. The van der Waals surface area contributed by atoms with Crippen molar-refractivity contribution in [3.8, 4) is 0 Å². The fourth-order valence-corrected chi connectivity index (χ4v) is 2.25. The molecule has 0 radical (unpaired) electrons. The highest BCUT2D eigenvalue weighted by Crippen LogP contribution is 2.23. The van der Waals surface area contributed by atoms with Crippen LogP contribution in [0, 0.1) is 0 Å². The molecule has 5 nitrogen and oxygen atoms in total. The second-order valence-corrected chi connectivity index (χ2v) is 4.32. The Morgan fingerprint density at radius 3 is 3.12 bits per heavy atom. The van der Waals surface area contributed by atoms with Gasteiger partial charge in [-0.05, 0) is 26.2 Å². The lowest BCUT2D eigenvalue weighted by Crippen LogP contribution is -2.42. The molecule has 0 aliphatic carbocycles. The Kier molecular flexibility index (Phi) is 4.14. The van der Waals surface area contributed by atoms with E-state index in [0.29, 0.717) is 0 Å². The van der Waals surface area contributed by atoms with Gasteiger partial charge in [-0.1, -0.05) is 0 Å². The third-order valence-electron chi connectivity index (χ3n) is 3.11. The first-order valence-electron chi connectivity index (χ1n) is 6.28. The number of hydrogen-bond acceptors (Lipinski definition) is 5. The van der Waals surface area contributed by atoms with Crippen molar-refractivity contribution in [1.82, 2.24) is 9.97 Å². The summed E-state index contributed by atoms with van der Waals surface area (Å²) >= 11 is 0. The summed E-state index contributed by atoms with van der Waals surface area (Å²) in [6.07, 6.45) is 6.87. The van der Waals surface area contributed by atoms with Crippen LogP contribution >= 0.6 is 0 Å². The third kappa shape index (κ3) is 2.85. The van der Waals surface area contributed by atoms with Crippen molar-refractivity contribution in [2.24, 2.45) is 0 Å². The van der Waals surface area contributed by atoms with E-state index in [2.05, 4.69) is 20.2 Å². The molecule has 1 fully saturated rings. The van der Waals surface area contributed by atoms with Crippen molar-refractivity contribution in [2.75, 3.05) is 29.9 Å². The molecule has 1 unspecified atom stereocenters. The van der Waals surface area contributed by atoms with Crippen molar-refractivity contribution >= 4 is 11.6 Å². The van der Waals surface area contributed by atoms with E-state index < -0.39 is 0 Å². The molecule has 0 amide bonds. The molecule has 0 bridgehead atoms. The fourth-order valence-electron chi connectivity index (χ4n) is 2.25. The summed E-state index contributed by atoms with van der Waals surface area (Å²) in [6, 6.07) is 0.190. The molecular formula is C12H20N4O. The molecule has 1 aromatic heterocycles. The standard InChI is InChI=1S/C12H20N4O/c1-2-14-11-7-13-8-12(15-11)16-6-4-3-5-10(16)9-17/h7-8,10,17H,2-6,9H2,1H3,(H,14,15). The van der Waals surface area contributed by atoms with Crippen molar-refractivity contribution in [2.45, 2.75) is 32.2 Å². The molecule has 2 heterocycles. The van der Waals surface area contributed by atoms with Crippen LogP contribution in [0.5, 0.6) is 0 Å². The zero-order valence-electron chi connectivity index (χ0n) is 10.3. The predicted octanol–water partition coefficient (Wildman–Crippen LogP) is 1.26. The lowest BCUT2D eigenvalue weighted by Gasteiger charge is -2.35. The smallest absolute Gasteiger partial charge is 0.149 e. The molecule has 1 aliphatic rings. The van der Waals surface area contributed by atoms with Gasteiger partial charge in [0.2, 0.25) is 0 Å². The van der Waals surface area contributed by atoms with Gasteiger partial charge in [-0.2, -0.15) is 0 Å². The van der Waals surface area contributed by atoms with Crippen LogP contribution in [-0.4, -0.2) is 40.8 Å². The quantitative estimate of drug-likeness (QED) is 0.824. The Balaban J connectivity index is 2.16. The van der Waals surface area contributed by atoms with Crippen LogP contribution in [-0.2, 0) is 0 Å². The Morgan fingerprint density at radius 1 is 1.47 bits per heavy atom. The molecule has 2 rings (SSSR count). The van der Waals surface area contributed by atoms with E-state index in [0.717, 1.165) is 37.6 Å². The number of aliphatic hydroxyl groups is 1. The van der Waals surface area contributed by atoms with Gasteiger partial charge in [0.15, 0.2) is 0 Å². The summed E-state index contributed by atoms with van der Waals surface area (Å²) in [5.41, 5.74) is 0. The lowest BCUT2D eigenvalue weighted by atomic mass is 10.0. The molecule has 1 aliphatic heterocycles. The summed E-state index contributed by atoms with van der Waals surface area (Å²) in [5.74, 6) is 1.66. The summed E-state index contributed by atoms with van der Waals surface area (Å²) in [6.45, 7) is 4.01. The van der Waals surface area contributed by atoms with Crippen LogP contribution in [0.3, 0.4) is 0 Å². The van der Waals surface area contributed by atoms with Gasteiger partial charge < -0.3 is 15.3 Å². The molecule has 0 spiro atoms. The topological polar surface area (TPSA) is 61.3 Å². The summed E-state index contributed by atoms with van der Waals surface area (Å²) < 4.78 is 0. The molecule has 0 aromatic carbocycles. The highest BCUT2D eigenvalue weighted by atomic mass is 16.3. The molecule has 1 saturated heterocycles. The van der Waals surface area contributed by atoms with Crippen LogP contribution < -0.4 is 10.2 Å². The molecule has 2 N–H and O–H groups in total. The van der Waals surface area contributed by atoms with E-state index in [4.69, 9.17) is 0 Å². The lowest BCUT2D eigenvalue weighted by molar-refractivity contribution is 0.239. The van der Waals surface area contributed by atoms with Crippen molar-refractivity contribution in [3.63, 3.8) is 0 Å². The minimum Gasteiger partial charge on any atom is -0.394 e. The van der Waals surface area contributed by atoms with Gasteiger partial charge in [0, 0.05) is 13.1 Å². The largest absolute Gasteiger partial charge is 0.394 e. The van der Waals surface area contributed by atoms with E-state index in [9.17, 15) is 5.11 Å². The van der Waals surface area contributed by atoms with E-state index in [-0.39, 0.29) is 12.6 Å². The SMILES string of the molecule is CCNc1cncc(N2CCCCC2CO)n1. The predicted molar refractivity (Wildman–Crippen MR) is 68.3 cm³/mol. The van der Waals surface area contributed by atoms with Gasteiger partial charge in [0.05, 0.1) is 25.0 Å². The fraction of sp³-hybridized carbons (Fsp3) is 0.667. The Bertz CT molecular complexity index is 358. The number of nitrogens with zero attached hydrogens (tertiary/aromatic N) is 3. The zero-order chi connectivity index (χ0) is 12.1. The third-order valence-corrected chi connectivity index (χ3v) is 3.11. The summed E-state index contributed by atoms with van der Waals surface area (Å²) in [4.78, 5) is 10.9. The van der Waals surface area contributed by atoms with Crippen LogP contribution in [0.1, 0.15) is 26.2 Å². The number of aliphatic hydroxyl groups excluding tert-OH is 1. The summed E-state index contributed by atoms with van der Waals surface area (Å²) in [7, 11) is 0. The Labute approximate surface area is 102 Å². The number of anilines is 2. The van der Waals surface area contributed by atoms with E-state index >= 15 is 0 Å². The minimum absolute atomic E-state index is 0.188. The van der Waals surface area contributed by atoms with Gasteiger partial charge in [0.25, 0.3) is 0 Å². The number of aromatic nitrogens is 2. The van der Waals surface area contributed by atoms with Crippen molar-refractivity contribution < 1.29 is 5.11 Å². The van der Waals surface area contributed by atoms with Gasteiger partial charge in [0.1, 0.15) is 11.6 Å². The zero-order valence-corrected chi connectivity index (χ0v) is 10.3. The van der Waals surface area contributed by atoms with Gasteiger partial charge in [-0.3, -0.25) is 4.98 Å². The second kappa shape index (κ2) is 5.82. The van der Waals surface area contributed by atoms with Crippen LogP contribution in [0.15, 0.2) is 12.4 Å². The maximum absolute atomic E-state index is 9.39. The molecule has 1 atom stereocenters. The van der Waals surface area contributed by atoms with Crippen LogP contribution in [0.25, 0.3) is 0 Å². The number of nitrogens with one attached hydrogen (secondary N) is 1. The minimum atomic E-state index is 0.188. The van der Waals surface area contributed by atoms with Crippen LogP contribution in [0.2, 0.25) is 0 Å². The van der Waals surface area contributed by atoms with E-state index in [1.54, 1.807) is 12.4 Å². The van der Waals surface area contributed by atoms with Crippen LogP contribution in [0.4, 0.5) is 11.6 Å². The first kappa shape index (κ1) is 12.1. The number of piperidine rings is 1. The van der Waals surface area contributed by atoms with Gasteiger partial charge >= 0.3 is 0 Å². The normalized spacial score (nSPS) is 20.4. The molecule has 1 aromatic rings. The first-order chi connectivity index (χ1) is 8.35. The highest BCUT2D eigenvalue weighted by Gasteiger charge is 2.23. The summed E-state index contributed by atoms with van der Waals surface area (Å²) in [5, 5.41) is 12.5. The number of rotatable bonds is 4. The Hall–Kier alpha value is -1.36. The van der Waals surface area contributed by atoms with Gasteiger partial charge in [-0.15, -0.1) is 0 Å². The highest BCUT2D eigenvalue weighted by molar-refractivity contribution is 5.45. The number of hydrogen-bond donors (Lipinski definition) is 2. The maximum Gasteiger partial charge on any atom is 0.149 e. The maximum atomic E-state index is 9.39. The molecule has 17 heavy (non-hydrogen) atoms.